The van der Waals surface area contributed by atoms with Crippen molar-refractivity contribution in [3.8, 4) is 0 Å². The molecule has 1 aromatic heterocycles. The first-order chi connectivity index (χ1) is 10.6. The molecule has 0 saturated carbocycles. The molecule has 3 nitrogen and oxygen atoms in total. The van der Waals surface area contributed by atoms with Crippen LogP contribution in [-0.4, -0.2) is 5.91 Å². The van der Waals surface area contributed by atoms with E-state index in [-0.39, 0.29) is 17.5 Å². The van der Waals surface area contributed by atoms with Crippen molar-refractivity contribution in [3.05, 3.63) is 70.2 Å². The van der Waals surface area contributed by atoms with Crippen LogP contribution >= 0.6 is 11.6 Å². The number of furan rings is 1. The molecular weight excluding hydrogens is 305 g/mol. The Labute approximate surface area is 131 Å². The van der Waals surface area contributed by atoms with Crippen LogP contribution in [0.5, 0.6) is 0 Å². The van der Waals surface area contributed by atoms with Gasteiger partial charge in [-0.3, -0.25) is 4.79 Å². The predicted octanol–water partition coefficient (Wildman–Crippen LogP) is 4.46. The molecule has 1 N–H and O–H groups in total. The average Bonchev–Trinajstić information content (AvgIpc) is 2.85. The molecule has 0 atom stereocenters. The molecule has 0 aliphatic heterocycles. The molecule has 3 aromatic rings. The SMILES string of the molecule is Cc1c(C(=O)NCc2ccc(F)cc2)oc2c(Cl)cccc12. The van der Waals surface area contributed by atoms with Crippen molar-refractivity contribution in [2.45, 2.75) is 13.5 Å². The number of carbonyl (C=O) groups is 1. The maximum Gasteiger partial charge on any atom is 0.287 e. The maximum atomic E-state index is 12.8. The molecule has 0 spiro atoms. The molecule has 1 heterocycles. The molecule has 0 fully saturated rings. The minimum absolute atomic E-state index is 0.241. The molecule has 0 unspecified atom stereocenters. The first kappa shape index (κ1) is 14.6. The molecule has 2 aromatic carbocycles. The molecule has 22 heavy (non-hydrogen) atoms. The van der Waals surface area contributed by atoms with Crippen molar-refractivity contribution >= 4 is 28.5 Å². The minimum atomic E-state index is -0.325. The van der Waals surface area contributed by atoms with E-state index >= 15 is 0 Å². The van der Waals surface area contributed by atoms with Crippen LogP contribution in [0.4, 0.5) is 4.39 Å². The monoisotopic (exact) mass is 317 g/mol. The Morgan fingerprint density at radius 1 is 1.23 bits per heavy atom. The topological polar surface area (TPSA) is 42.2 Å². The van der Waals surface area contributed by atoms with Crippen LogP contribution < -0.4 is 5.32 Å². The van der Waals surface area contributed by atoms with Crippen LogP contribution in [0.3, 0.4) is 0 Å². The Morgan fingerprint density at radius 2 is 1.95 bits per heavy atom. The lowest BCUT2D eigenvalue weighted by molar-refractivity contribution is 0.0924. The van der Waals surface area contributed by atoms with Crippen molar-refractivity contribution < 1.29 is 13.6 Å². The second kappa shape index (κ2) is 5.81. The summed E-state index contributed by atoms with van der Waals surface area (Å²) in [6, 6.07) is 11.3. The third-order valence-electron chi connectivity index (χ3n) is 3.49. The largest absolute Gasteiger partial charge is 0.449 e. The van der Waals surface area contributed by atoms with Crippen molar-refractivity contribution in [2.24, 2.45) is 0 Å². The number of rotatable bonds is 3. The second-order valence-corrected chi connectivity index (χ2v) is 5.39. The number of hydrogen-bond acceptors (Lipinski definition) is 2. The van der Waals surface area contributed by atoms with Gasteiger partial charge in [-0.15, -0.1) is 0 Å². The van der Waals surface area contributed by atoms with E-state index < -0.39 is 0 Å². The van der Waals surface area contributed by atoms with E-state index in [0.29, 0.717) is 17.2 Å². The van der Waals surface area contributed by atoms with E-state index in [1.54, 1.807) is 18.2 Å². The Balaban J connectivity index is 1.82. The van der Waals surface area contributed by atoms with E-state index in [2.05, 4.69) is 5.32 Å². The van der Waals surface area contributed by atoms with Gasteiger partial charge in [0, 0.05) is 17.5 Å². The van der Waals surface area contributed by atoms with Gasteiger partial charge in [0.2, 0.25) is 0 Å². The fraction of sp³-hybridized carbons (Fsp3) is 0.118. The Bertz CT molecular complexity index is 840. The van der Waals surface area contributed by atoms with E-state index in [1.807, 2.05) is 19.1 Å². The lowest BCUT2D eigenvalue weighted by Crippen LogP contribution is -2.22. The number of amides is 1. The number of hydrogen-bond donors (Lipinski definition) is 1. The van der Waals surface area contributed by atoms with Gasteiger partial charge in [0.05, 0.1) is 5.02 Å². The van der Waals surface area contributed by atoms with Crippen LogP contribution in [0.2, 0.25) is 5.02 Å². The van der Waals surface area contributed by atoms with Gasteiger partial charge in [-0.25, -0.2) is 4.39 Å². The molecular formula is C17H13ClFNO2. The average molecular weight is 318 g/mol. The van der Waals surface area contributed by atoms with Crippen LogP contribution in [0.15, 0.2) is 46.9 Å². The minimum Gasteiger partial charge on any atom is -0.449 e. The van der Waals surface area contributed by atoms with Crippen molar-refractivity contribution in [1.82, 2.24) is 5.32 Å². The zero-order chi connectivity index (χ0) is 15.7. The van der Waals surface area contributed by atoms with E-state index in [4.69, 9.17) is 16.0 Å². The number of nitrogens with one attached hydrogen (secondary N) is 1. The normalized spacial score (nSPS) is 10.9. The summed E-state index contributed by atoms with van der Waals surface area (Å²) >= 11 is 6.07. The third kappa shape index (κ3) is 2.70. The molecule has 5 heteroatoms. The van der Waals surface area contributed by atoms with Gasteiger partial charge in [-0.1, -0.05) is 35.9 Å². The molecule has 0 aliphatic carbocycles. The van der Waals surface area contributed by atoms with Gasteiger partial charge in [0.1, 0.15) is 5.82 Å². The van der Waals surface area contributed by atoms with Crippen molar-refractivity contribution in [2.75, 3.05) is 0 Å². The van der Waals surface area contributed by atoms with Gasteiger partial charge < -0.3 is 9.73 Å². The van der Waals surface area contributed by atoms with Crippen LogP contribution in [-0.2, 0) is 6.54 Å². The molecule has 0 radical (unpaired) electrons. The lowest BCUT2D eigenvalue weighted by atomic mass is 10.1. The zero-order valence-corrected chi connectivity index (χ0v) is 12.6. The summed E-state index contributed by atoms with van der Waals surface area (Å²) < 4.78 is 18.4. The molecule has 0 bridgehead atoms. The van der Waals surface area contributed by atoms with E-state index in [9.17, 15) is 9.18 Å². The number of carbonyl (C=O) groups excluding carboxylic acids is 1. The number of benzene rings is 2. The summed E-state index contributed by atoms with van der Waals surface area (Å²) in [5.74, 6) is -0.392. The Hall–Kier alpha value is -2.33. The van der Waals surface area contributed by atoms with Crippen molar-refractivity contribution in [1.29, 1.82) is 0 Å². The third-order valence-corrected chi connectivity index (χ3v) is 3.79. The van der Waals surface area contributed by atoms with Gasteiger partial charge in [0.25, 0.3) is 5.91 Å². The summed E-state index contributed by atoms with van der Waals surface area (Å²) in [6.07, 6.45) is 0. The van der Waals surface area contributed by atoms with Gasteiger partial charge in [0.15, 0.2) is 11.3 Å². The lowest BCUT2D eigenvalue weighted by Gasteiger charge is -2.04. The highest BCUT2D eigenvalue weighted by molar-refractivity contribution is 6.35. The summed E-state index contributed by atoms with van der Waals surface area (Å²) in [7, 11) is 0. The standard InChI is InChI=1S/C17H13ClFNO2/c1-10-13-3-2-4-14(18)16(13)22-15(10)17(21)20-9-11-5-7-12(19)8-6-11/h2-8H,9H2,1H3,(H,20,21). The highest BCUT2D eigenvalue weighted by Crippen LogP contribution is 2.30. The summed E-state index contributed by atoms with van der Waals surface area (Å²) in [5.41, 5.74) is 2.06. The van der Waals surface area contributed by atoms with Gasteiger partial charge >= 0.3 is 0 Å². The van der Waals surface area contributed by atoms with Crippen molar-refractivity contribution in [3.63, 3.8) is 0 Å². The zero-order valence-electron chi connectivity index (χ0n) is 11.8. The van der Waals surface area contributed by atoms with Crippen LogP contribution in [0.25, 0.3) is 11.0 Å². The molecule has 1 amide bonds. The van der Waals surface area contributed by atoms with Gasteiger partial charge in [-0.05, 0) is 30.7 Å². The maximum absolute atomic E-state index is 12.8. The predicted molar refractivity (Wildman–Crippen MR) is 83.5 cm³/mol. The highest BCUT2D eigenvalue weighted by atomic mass is 35.5. The fourth-order valence-electron chi connectivity index (χ4n) is 2.29. The first-order valence-electron chi connectivity index (χ1n) is 6.76. The van der Waals surface area contributed by atoms with E-state index in [1.165, 1.54) is 12.1 Å². The molecule has 0 saturated heterocycles. The highest BCUT2D eigenvalue weighted by Gasteiger charge is 2.18. The molecule has 112 valence electrons. The number of fused-ring (bicyclic) bond motifs is 1. The quantitative estimate of drug-likeness (QED) is 0.774. The molecule has 3 rings (SSSR count). The summed E-state index contributed by atoms with van der Waals surface area (Å²) in [6.45, 7) is 2.11. The van der Waals surface area contributed by atoms with Crippen LogP contribution in [0, 0.1) is 12.7 Å². The summed E-state index contributed by atoms with van der Waals surface area (Å²) in [4.78, 5) is 12.3. The number of halogens is 2. The molecule has 0 aliphatic rings. The van der Waals surface area contributed by atoms with E-state index in [0.717, 1.165) is 16.5 Å². The Morgan fingerprint density at radius 3 is 2.64 bits per heavy atom. The first-order valence-corrected chi connectivity index (χ1v) is 7.14. The van der Waals surface area contributed by atoms with Crippen LogP contribution in [0.1, 0.15) is 21.7 Å². The number of aryl methyl sites for hydroxylation is 1. The number of para-hydroxylation sites is 1. The smallest absolute Gasteiger partial charge is 0.287 e. The Kier molecular flexibility index (Phi) is 3.86. The fourth-order valence-corrected chi connectivity index (χ4v) is 2.50. The summed E-state index contributed by atoms with van der Waals surface area (Å²) in [5, 5.41) is 4.05. The second-order valence-electron chi connectivity index (χ2n) is 4.98. The van der Waals surface area contributed by atoms with Gasteiger partial charge in [-0.2, -0.15) is 0 Å².